The predicted octanol–water partition coefficient (Wildman–Crippen LogP) is 4.30. The van der Waals surface area contributed by atoms with Gasteiger partial charge in [-0.1, -0.05) is 44.4 Å². The van der Waals surface area contributed by atoms with E-state index in [2.05, 4.69) is 13.0 Å². The number of unbranched alkanes of at least 4 members (excludes halogenated alkanes) is 4. The van der Waals surface area contributed by atoms with Crippen LogP contribution >= 0.6 is 0 Å². The second kappa shape index (κ2) is 8.45. The molecule has 0 saturated heterocycles. The highest BCUT2D eigenvalue weighted by Crippen LogP contribution is 2.33. The van der Waals surface area contributed by atoms with Crippen molar-refractivity contribution in [3.8, 4) is 0 Å². The van der Waals surface area contributed by atoms with Gasteiger partial charge >= 0.3 is 0 Å². The van der Waals surface area contributed by atoms with E-state index < -0.39 is 0 Å². The third kappa shape index (κ3) is 3.51. The van der Waals surface area contributed by atoms with Crippen LogP contribution < -0.4 is 5.73 Å². The fourth-order valence-electron chi connectivity index (χ4n) is 3.78. The molecule has 0 aliphatic carbocycles. The number of carbonyl (C=O) groups is 2. The Morgan fingerprint density at radius 3 is 2.38 bits per heavy atom. The molecule has 138 valence electrons. The van der Waals surface area contributed by atoms with Crippen LogP contribution in [0.1, 0.15) is 71.7 Å². The summed E-state index contributed by atoms with van der Waals surface area (Å²) in [5.41, 5.74) is 8.11. The number of hydrogen-bond acceptors (Lipinski definition) is 3. The minimum absolute atomic E-state index is 0.149. The average molecular weight is 352 g/mol. The molecule has 2 aromatic rings. The molecule has 0 fully saturated rings. The topological polar surface area (TPSA) is 63.4 Å². The van der Waals surface area contributed by atoms with Gasteiger partial charge in [0, 0.05) is 23.1 Å². The molecular weight excluding hydrogens is 324 g/mol. The highest BCUT2D eigenvalue weighted by atomic mass is 16.2. The third-order valence-electron chi connectivity index (χ3n) is 5.22. The lowest BCUT2D eigenvalue weighted by Crippen LogP contribution is -2.40. The molecule has 0 atom stereocenters. The Morgan fingerprint density at radius 2 is 1.65 bits per heavy atom. The van der Waals surface area contributed by atoms with Gasteiger partial charge in [0.25, 0.3) is 11.8 Å². The van der Waals surface area contributed by atoms with Crippen LogP contribution in [0, 0.1) is 0 Å². The summed E-state index contributed by atoms with van der Waals surface area (Å²) >= 11 is 0. The number of amides is 2. The first-order valence-corrected chi connectivity index (χ1v) is 9.80. The molecule has 2 amide bonds. The summed E-state index contributed by atoms with van der Waals surface area (Å²) in [5.74, 6) is -0.297. The molecule has 0 spiro atoms. The van der Waals surface area contributed by atoms with E-state index in [4.69, 9.17) is 5.73 Å². The predicted molar refractivity (Wildman–Crippen MR) is 105 cm³/mol. The van der Waals surface area contributed by atoms with E-state index in [1.807, 2.05) is 24.3 Å². The van der Waals surface area contributed by atoms with Crippen molar-refractivity contribution in [2.75, 3.05) is 13.1 Å². The summed E-state index contributed by atoms with van der Waals surface area (Å²) < 4.78 is 0. The summed E-state index contributed by atoms with van der Waals surface area (Å²) in [4.78, 5) is 27.2. The van der Waals surface area contributed by atoms with Crippen LogP contribution in [0.5, 0.6) is 0 Å². The quantitative estimate of drug-likeness (QED) is 0.541. The van der Waals surface area contributed by atoms with Crippen molar-refractivity contribution in [2.45, 2.75) is 51.9 Å². The monoisotopic (exact) mass is 352 g/mol. The van der Waals surface area contributed by atoms with Crippen LogP contribution in [-0.4, -0.2) is 29.8 Å². The molecule has 1 heterocycles. The highest BCUT2D eigenvalue weighted by Gasteiger charge is 2.32. The second-order valence-corrected chi connectivity index (χ2v) is 7.07. The zero-order valence-electron chi connectivity index (χ0n) is 15.6. The van der Waals surface area contributed by atoms with Gasteiger partial charge in [-0.2, -0.15) is 0 Å². The number of nitrogens with two attached hydrogens (primary N) is 1. The molecule has 2 N–H and O–H groups in total. The van der Waals surface area contributed by atoms with E-state index in [-0.39, 0.29) is 11.8 Å². The molecule has 4 heteroatoms. The van der Waals surface area contributed by atoms with Crippen LogP contribution in [-0.2, 0) is 6.42 Å². The van der Waals surface area contributed by atoms with Crippen molar-refractivity contribution in [1.29, 1.82) is 0 Å². The summed E-state index contributed by atoms with van der Waals surface area (Å²) in [5, 5.41) is 1.88. The number of imide groups is 1. The lowest BCUT2D eigenvalue weighted by molar-refractivity contribution is 0.0608. The first kappa shape index (κ1) is 18.6. The van der Waals surface area contributed by atoms with Crippen LogP contribution in [0.3, 0.4) is 0 Å². The van der Waals surface area contributed by atoms with Crippen molar-refractivity contribution >= 4 is 22.6 Å². The number of rotatable bonds is 9. The van der Waals surface area contributed by atoms with Gasteiger partial charge in [-0.05, 0) is 55.3 Å². The van der Waals surface area contributed by atoms with E-state index in [1.165, 1.54) is 10.5 Å². The van der Waals surface area contributed by atoms with Crippen molar-refractivity contribution in [3.63, 3.8) is 0 Å². The lowest BCUT2D eigenvalue weighted by Gasteiger charge is -2.27. The van der Waals surface area contributed by atoms with Crippen LogP contribution in [0.4, 0.5) is 0 Å². The van der Waals surface area contributed by atoms with Gasteiger partial charge in [0.2, 0.25) is 0 Å². The first-order chi connectivity index (χ1) is 12.7. The van der Waals surface area contributed by atoms with Crippen LogP contribution in [0.2, 0.25) is 0 Å². The minimum Gasteiger partial charge on any atom is -0.330 e. The van der Waals surface area contributed by atoms with Gasteiger partial charge in [0.15, 0.2) is 0 Å². The third-order valence-corrected chi connectivity index (χ3v) is 5.22. The normalized spacial score (nSPS) is 13.7. The Hall–Kier alpha value is -2.20. The fourth-order valence-corrected chi connectivity index (χ4v) is 3.78. The van der Waals surface area contributed by atoms with Crippen LogP contribution in [0.15, 0.2) is 30.3 Å². The molecule has 4 nitrogen and oxygen atoms in total. The Kier molecular flexibility index (Phi) is 6.04. The summed E-state index contributed by atoms with van der Waals surface area (Å²) in [6, 6.07) is 9.79. The lowest BCUT2D eigenvalue weighted by atomic mass is 9.89. The van der Waals surface area contributed by atoms with Gasteiger partial charge < -0.3 is 5.73 Å². The van der Waals surface area contributed by atoms with E-state index in [0.29, 0.717) is 17.7 Å². The molecule has 1 aliphatic rings. The SMILES string of the molecule is CCCCCN1C(=O)c2cccc3c(CCCCCN)ccc(c23)C1=O. The standard InChI is InChI=1S/C22H28N2O2/c1-2-3-7-15-24-21(25)18-11-8-10-17-16(9-5-4-6-14-23)12-13-19(20(17)18)22(24)26/h8,10-13H,2-7,9,14-15,23H2,1H3. The van der Waals surface area contributed by atoms with E-state index in [9.17, 15) is 9.59 Å². The molecule has 0 radical (unpaired) electrons. The number of aryl methyl sites for hydroxylation is 1. The Bertz CT molecular complexity index is 791. The zero-order chi connectivity index (χ0) is 18.5. The molecule has 0 bridgehead atoms. The maximum Gasteiger partial charge on any atom is 0.261 e. The zero-order valence-corrected chi connectivity index (χ0v) is 15.6. The van der Waals surface area contributed by atoms with Crippen molar-refractivity contribution < 1.29 is 9.59 Å². The first-order valence-electron chi connectivity index (χ1n) is 9.80. The van der Waals surface area contributed by atoms with Gasteiger partial charge in [-0.3, -0.25) is 14.5 Å². The van der Waals surface area contributed by atoms with E-state index >= 15 is 0 Å². The fraction of sp³-hybridized carbons (Fsp3) is 0.455. The van der Waals surface area contributed by atoms with Crippen LogP contribution in [0.25, 0.3) is 10.8 Å². The summed E-state index contributed by atoms with van der Waals surface area (Å²) in [7, 11) is 0. The molecule has 0 aromatic heterocycles. The van der Waals surface area contributed by atoms with Crippen molar-refractivity contribution in [2.24, 2.45) is 5.73 Å². The highest BCUT2D eigenvalue weighted by molar-refractivity contribution is 6.25. The average Bonchev–Trinajstić information content (AvgIpc) is 2.66. The maximum absolute atomic E-state index is 12.9. The maximum atomic E-state index is 12.9. The Balaban J connectivity index is 1.94. The Morgan fingerprint density at radius 1 is 0.885 bits per heavy atom. The minimum atomic E-state index is -0.149. The Labute approximate surface area is 155 Å². The van der Waals surface area contributed by atoms with Gasteiger partial charge in [-0.15, -0.1) is 0 Å². The van der Waals surface area contributed by atoms with Gasteiger partial charge in [0.05, 0.1) is 0 Å². The van der Waals surface area contributed by atoms with Gasteiger partial charge in [-0.25, -0.2) is 0 Å². The van der Waals surface area contributed by atoms with Crippen molar-refractivity contribution in [1.82, 2.24) is 4.90 Å². The second-order valence-electron chi connectivity index (χ2n) is 7.07. The smallest absolute Gasteiger partial charge is 0.261 e. The molecule has 0 unspecified atom stereocenters. The number of carbonyl (C=O) groups excluding carboxylic acids is 2. The van der Waals surface area contributed by atoms with Gasteiger partial charge in [0.1, 0.15) is 0 Å². The number of benzene rings is 2. The molecule has 3 rings (SSSR count). The summed E-state index contributed by atoms with van der Waals surface area (Å²) in [6.07, 6.45) is 7.10. The van der Waals surface area contributed by atoms with Crippen molar-refractivity contribution in [3.05, 3.63) is 47.0 Å². The number of nitrogens with zero attached hydrogens (tertiary/aromatic N) is 1. The molecule has 1 aliphatic heterocycles. The molecule has 26 heavy (non-hydrogen) atoms. The number of hydrogen-bond donors (Lipinski definition) is 1. The van der Waals surface area contributed by atoms with E-state index in [1.54, 1.807) is 0 Å². The van der Waals surface area contributed by atoms with E-state index in [0.717, 1.165) is 62.3 Å². The summed E-state index contributed by atoms with van der Waals surface area (Å²) in [6.45, 7) is 3.34. The molecule has 2 aromatic carbocycles. The molecular formula is C22H28N2O2. The largest absolute Gasteiger partial charge is 0.330 e. The molecule has 0 saturated carbocycles.